The van der Waals surface area contributed by atoms with E-state index in [1.54, 1.807) is 30.3 Å². The first-order valence-electron chi connectivity index (χ1n) is 7.06. The van der Waals surface area contributed by atoms with Crippen LogP contribution in [0.3, 0.4) is 0 Å². The van der Waals surface area contributed by atoms with Crippen LogP contribution in [0.2, 0.25) is 5.02 Å². The van der Waals surface area contributed by atoms with Gasteiger partial charge >= 0.3 is 0 Å². The van der Waals surface area contributed by atoms with Crippen molar-refractivity contribution in [2.24, 2.45) is 0 Å². The average Bonchev–Trinajstić information content (AvgIpc) is 2.55. The third kappa shape index (κ3) is 2.83. The summed E-state index contributed by atoms with van der Waals surface area (Å²) in [5, 5.41) is 6.17. The molecule has 2 amide bonds. The molecule has 1 aliphatic heterocycles. The number of carbonyl (C=O) groups is 2. The second-order valence-corrected chi connectivity index (χ2v) is 5.59. The predicted molar refractivity (Wildman–Crippen MR) is 85.3 cm³/mol. The van der Waals surface area contributed by atoms with Gasteiger partial charge in [0, 0.05) is 24.6 Å². The maximum Gasteiger partial charge on any atom is 0.252 e. The lowest BCUT2D eigenvalue weighted by molar-refractivity contribution is 0.0936. The van der Waals surface area contributed by atoms with Crippen molar-refractivity contribution in [1.82, 2.24) is 10.6 Å². The lowest BCUT2D eigenvalue weighted by Crippen LogP contribution is -2.40. The maximum absolute atomic E-state index is 12.2. The third-order valence-electron chi connectivity index (χ3n) is 3.78. The molecule has 2 N–H and O–H groups in total. The van der Waals surface area contributed by atoms with Crippen LogP contribution in [0.5, 0.6) is 0 Å². The van der Waals surface area contributed by atoms with Crippen LogP contribution in [0, 0.1) is 0 Å². The fraction of sp³-hybridized carbons (Fsp3) is 0.176. The molecule has 112 valence electrons. The molecule has 3 rings (SSSR count). The number of hydrogen-bond donors (Lipinski definition) is 2. The molecular formula is C17H15ClN2O2. The van der Waals surface area contributed by atoms with E-state index in [-0.39, 0.29) is 17.7 Å². The van der Waals surface area contributed by atoms with E-state index in [1.807, 2.05) is 18.2 Å². The number of hydrogen-bond acceptors (Lipinski definition) is 2. The van der Waals surface area contributed by atoms with Crippen molar-refractivity contribution in [3.05, 3.63) is 70.2 Å². The summed E-state index contributed by atoms with van der Waals surface area (Å²) in [5.74, 6) is -0.218. The Hall–Kier alpha value is -2.33. The van der Waals surface area contributed by atoms with Gasteiger partial charge in [-0.3, -0.25) is 9.59 Å². The van der Waals surface area contributed by atoms with Gasteiger partial charge in [0.25, 0.3) is 11.8 Å². The number of benzene rings is 2. The highest BCUT2D eigenvalue weighted by Gasteiger charge is 2.25. The lowest BCUT2D eigenvalue weighted by atomic mass is 9.90. The van der Waals surface area contributed by atoms with Gasteiger partial charge in [0.1, 0.15) is 0 Å². The van der Waals surface area contributed by atoms with Crippen molar-refractivity contribution in [2.75, 3.05) is 13.1 Å². The molecule has 1 heterocycles. The number of amides is 2. The highest BCUT2D eigenvalue weighted by Crippen LogP contribution is 2.23. The summed E-state index contributed by atoms with van der Waals surface area (Å²) in [5.41, 5.74) is 2.09. The number of nitrogens with one attached hydrogen (secondary N) is 2. The van der Waals surface area contributed by atoms with Gasteiger partial charge in [0.05, 0.1) is 10.6 Å². The molecule has 0 fully saturated rings. The van der Waals surface area contributed by atoms with E-state index < -0.39 is 0 Å². The Morgan fingerprint density at radius 2 is 1.91 bits per heavy atom. The SMILES string of the molecule is O=C(NCC1CNC(=O)c2ccccc21)c1ccccc1Cl. The molecule has 0 aliphatic carbocycles. The Morgan fingerprint density at radius 3 is 2.73 bits per heavy atom. The standard InChI is InChI=1S/C17H15ClN2O2/c18-15-8-4-3-7-14(15)17(22)20-10-11-9-19-16(21)13-6-2-1-5-12(11)13/h1-8,11H,9-10H2,(H,19,21)(H,20,22). The van der Waals surface area contributed by atoms with E-state index in [4.69, 9.17) is 11.6 Å². The number of carbonyl (C=O) groups excluding carboxylic acids is 2. The van der Waals surface area contributed by atoms with Crippen LogP contribution < -0.4 is 10.6 Å². The normalized spacial score (nSPS) is 16.6. The first kappa shape index (κ1) is 14.6. The summed E-state index contributed by atoms with van der Waals surface area (Å²) < 4.78 is 0. The van der Waals surface area contributed by atoms with Crippen LogP contribution in [0.4, 0.5) is 0 Å². The van der Waals surface area contributed by atoms with Gasteiger partial charge in [-0.2, -0.15) is 0 Å². The first-order chi connectivity index (χ1) is 10.7. The van der Waals surface area contributed by atoms with Gasteiger partial charge in [-0.1, -0.05) is 41.9 Å². The van der Waals surface area contributed by atoms with Gasteiger partial charge in [0.2, 0.25) is 0 Å². The van der Waals surface area contributed by atoms with Gasteiger partial charge < -0.3 is 10.6 Å². The molecule has 0 radical (unpaired) electrons. The molecule has 5 heteroatoms. The average molecular weight is 315 g/mol. The number of fused-ring (bicyclic) bond motifs is 1. The zero-order valence-electron chi connectivity index (χ0n) is 11.8. The zero-order chi connectivity index (χ0) is 15.5. The molecule has 2 aromatic carbocycles. The van der Waals surface area contributed by atoms with Crippen molar-refractivity contribution in [3.63, 3.8) is 0 Å². The molecule has 0 spiro atoms. The van der Waals surface area contributed by atoms with E-state index in [0.717, 1.165) is 5.56 Å². The van der Waals surface area contributed by atoms with Gasteiger partial charge in [-0.15, -0.1) is 0 Å². The second kappa shape index (κ2) is 6.20. The molecule has 22 heavy (non-hydrogen) atoms. The highest BCUT2D eigenvalue weighted by molar-refractivity contribution is 6.33. The van der Waals surface area contributed by atoms with Crippen LogP contribution in [0.1, 0.15) is 32.2 Å². The van der Waals surface area contributed by atoms with Crippen LogP contribution in [0.15, 0.2) is 48.5 Å². The molecule has 0 bridgehead atoms. The molecule has 1 atom stereocenters. The van der Waals surface area contributed by atoms with E-state index in [1.165, 1.54) is 0 Å². The van der Waals surface area contributed by atoms with Crippen molar-refractivity contribution in [1.29, 1.82) is 0 Å². The monoisotopic (exact) mass is 314 g/mol. The zero-order valence-corrected chi connectivity index (χ0v) is 12.6. The molecule has 4 nitrogen and oxygen atoms in total. The molecule has 0 saturated carbocycles. The molecule has 0 saturated heterocycles. The van der Waals surface area contributed by atoms with E-state index in [0.29, 0.717) is 29.2 Å². The summed E-state index contributed by atoms with van der Waals surface area (Å²) in [6.07, 6.45) is 0. The van der Waals surface area contributed by atoms with Gasteiger partial charge in [-0.05, 0) is 23.8 Å². The second-order valence-electron chi connectivity index (χ2n) is 5.18. The molecule has 1 aliphatic rings. The Labute approximate surface area is 133 Å². The molecule has 2 aromatic rings. The minimum Gasteiger partial charge on any atom is -0.351 e. The molecule has 0 aromatic heterocycles. The smallest absolute Gasteiger partial charge is 0.252 e. The van der Waals surface area contributed by atoms with Gasteiger partial charge in [0.15, 0.2) is 0 Å². The van der Waals surface area contributed by atoms with E-state index in [9.17, 15) is 9.59 Å². The van der Waals surface area contributed by atoms with Crippen molar-refractivity contribution < 1.29 is 9.59 Å². The Balaban J connectivity index is 1.73. The minimum atomic E-state index is -0.208. The highest BCUT2D eigenvalue weighted by atomic mass is 35.5. The number of rotatable bonds is 3. The maximum atomic E-state index is 12.2. The van der Waals surface area contributed by atoms with Crippen LogP contribution >= 0.6 is 11.6 Å². The topological polar surface area (TPSA) is 58.2 Å². The molecule has 1 unspecified atom stereocenters. The van der Waals surface area contributed by atoms with Crippen molar-refractivity contribution >= 4 is 23.4 Å². The summed E-state index contributed by atoms with van der Waals surface area (Å²) in [7, 11) is 0. The lowest BCUT2D eigenvalue weighted by Gasteiger charge is -2.26. The summed E-state index contributed by atoms with van der Waals surface area (Å²) in [6, 6.07) is 14.4. The van der Waals surface area contributed by atoms with E-state index in [2.05, 4.69) is 10.6 Å². The largest absolute Gasteiger partial charge is 0.351 e. The van der Waals surface area contributed by atoms with Crippen LogP contribution in [0.25, 0.3) is 0 Å². The Kier molecular flexibility index (Phi) is 4.11. The van der Waals surface area contributed by atoms with Crippen molar-refractivity contribution in [2.45, 2.75) is 5.92 Å². The minimum absolute atomic E-state index is 0.0559. The summed E-state index contributed by atoms with van der Waals surface area (Å²) in [6.45, 7) is 0.958. The first-order valence-corrected chi connectivity index (χ1v) is 7.44. The number of halogens is 1. The summed E-state index contributed by atoms with van der Waals surface area (Å²) >= 11 is 6.02. The quantitative estimate of drug-likeness (QED) is 0.915. The van der Waals surface area contributed by atoms with Gasteiger partial charge in [-0.25, -0.2) is 0 Å². The van der Waals surface area contributed by atoms with Crippen LogP contribution in [-0.2, 0) is 0 Å². The van der Waals surface area contributed by atoms with Crippen molar-refractivity contribution in [3.8, 4) is 0 Å². The summed E-state index contributed by atoms with van der Waals surface area (Å²) in [4.78, 5) is 24.0. The Bertz CT molecular complexity index is 730. The van der Waals surface area contributed by atoms with E-state index >= 15 is 0 Å². The Morgan fingerprint density at radius 1 is 1.18 bits per heavy atom. The molecular weight excluding hydrogens is 300 g/mol. The fourth-order valence-electron chi connectivity index (χ4n) is 2.62. The van der Waals surface area contributed by atoms with Crippen LogP contribution in [-0.4, -0.2) is 24.9 Å². The third-order valence-corrected chi connectivity index (χ3v) is 4.11. The predicted octanol–water partition coefficient (Wildman–Crippen LogP) is 2.60. The fourth-order valence-corrected chi connectivity index (χ4v) is 2.84.